The van der Waals surface area contributed by atoms with Gasteiger partial charge >= 0.3 is 0 Å². The fourth-order valence-electron chi connectivity index (χ4n) is 1.61. The summed E-state index contributed by atoms with van der Waals surface area (Å²) >= 11 is 0. The number of rotatable bonds is 4. The minimum absolute atomic E-state index is 0.256. The zero-order chi connectivity index (χ0) is 13.9. The summed E-state index contributed by atoms with van der Waals surface area (Å²) < 4.78 is 13.6. The van der Waals surface area contributed by atoms with Crippen molar-refractivity contribution in [2.24, 2.45) is 5.73 Å². The molecule has 0 saturated heterocycles. The molecule has 4 nitrogen and oxygen atoms in total. The summed E-state index contributed by atoms with van der Waals surface area (Å²) in [5.74, 6) is 0.315. The third kappa shape index (κ3) is 3.26. The zero-order valence-electron chi connectivity index (χ0n) is 11.0. The second kappa shape index (κ2) is 5.32. The molecule has 1 heterocycles. The summed E-state index contributed by atoms with van der Waals surface area (Å²) in [5.41, 5.74) is 6.33. The Hall–Kier alpha value is -2.01. The molecule has 5 heteroatoms. The van der Waals surface area contributed by atoms with Crippen LogP contribution in [0.2, 0.25) is 0 Å². The fraction of sp³-hybridized carbons (Fsp3) is 0.286. The number of halogens is 1. The standard InChI is InChI=1S/C14H17FN4/c1-14(2,9-16)17-13-8-7-12(18-19-13)10-5-3-4-6-11(10)15/h3-8H,9,16H2,1-2H3,(H,17,19). The van der Waals surface area contributed by atoms with Gasteiger partial charge in [-0.05, 0) is 38.1 Å². The van der Waals surface area contributed by atoms with Crippen LogP contribution in [-0.4, -0.2) is 22.3 Å². The van der Waals surface area contributed by atoms with Crippen molar-refractivity contribution in [3.8, 4) is 11.3 Å². The Labute approximate surface area is 111 Å². The quantitative estimate of drug-likeness (QED) is 0.886. The summed E-state index contributed by atoms with van der Waals surface area (Å²) in [6.45, 7) is 4.42. The van der Waals surface area contributed by atoms with Gasteiger partial charge in [-0.15, -0.1) is 10.2 Å². The number of hydrogen-bond donors (Lipinski definition) is 2. The third-order valence-electron chi connectivity index (χ3n) is 2.79. The summed E-state index contributed by atoms with van der Waals surface area (Å²) in [6, 6.07) is 10.00. The molecule has 0 spiro atoms. The van der Waals surface area contributed by atoms with Crippen molar-refractivity contribution in [1.29, 1.82) is 0 Å². The molecule has 0 fully saturated rings. The van der Waals surface area contributed by atoms with E-state index in [0.717, 1.165) is 0 Å². The molecule has 1 aromatic heterocycles. The van der Waals surface area contributed by atoms with Gasteiger partial charge in [-0.2, -0.15) is 0 Å². The Bertz CT molecular complexity index is 552. The van der Waals surface area contributed by atoms with E-state index >= 15 is 0 Å². The van der Waals surface area contributed by atoms with Crippen molar-refractivity contribution in [1.82, 2.24) is 10.2 Å². The molecule has 1 aromatic carbocycles. The fourth-order valence-corrected chi connectivity index (χ4v) is 1.61. The van der Waals surface area contributed by atoms with Crippen molar-refractivity contribution in [2.45, 2.75) is 19.4 Å². The zero-order valence-corrected chi connectivity index (χ0v) is 11.0. The molecule has 0 bridgehead atoms. The van der Waals surface area contributed by atoms with Crippen LogP contribution in [0, 0.1) is 5.82 Å². The highest BCUT2D eigenvalue weighted by atomic mass is 19.1. The first-order valence-corrected chi connectivity index (χ1v) is 6.09. The van der Waals surface area contributed by atoms with E-state index in [1.165, 1.54) is 6.07 Å². The van der Waals surface area contributed by atoms with E-state index in [4.69, 9.17) is 5.73 Å². The molecule has 0 aliphatic carbocycles. The van der Waals surface area contributed by atoms with Gasteiger partial charge in [0, 0.05) is 17.6 Å². The average molecular weight is 260 g/mol. The van der Waals surface area contributed by atoms with E-state index in [1.807, 2.05) is 13.8 Å². The maximum Gasteiger partial charge on any atom is 0.149 e. The van der Waals surface area contributed by atoms with Crippen LogP contribution < -0.4 is 11.1 Å². The van der Waals surface area contributed by atoms with E-state index < -0.39 is 0 Å². The normalized spacial score (nSPS) is 11.4. The number of nitrogens with one attached hydrogen (secondary N) is 1. The predicted molar refractivity (Wildman–Crippen MR) is 74.2 cm³/mol. The highest BCUT2D eigenvalue weighted by Gasteiger charge is 2.15. The Morgan fingerprint density at radius 3 is 2.47 bits per heavy atom. The van der Waals surface area contributed by atoms with Gasteiger partial charge in [-0.3, -0.25) is 0 Å². The van der Waals surface area contributed by atoms with Crippen LogP contribution in [0.5, 0.6) is 0 Å². The lowest BCUT2D eigenvalue weighted by Gasteiger charge is -2.24. The molecule has 100 valence electrons. The first-order valence-electron chi connectivity index (χ1n) is 6.09. The average Bonchev–Trinajstić information content (AvgIpc) is 2.40. The molecule has 0 aliphatic heterocycles. The molecule has 2 aromatic rings. The molecule has 2 rings (SSSR count). The monoisotopic (exact) mass is 260 g/mol. The number of nitrogens with two attached hydrogens (primary N) is 1. The first kappa shape index (κ1) is 13.4. The van der Waals surface area contributed by atoms with E-state index in [9.17, 15) is 4.39 Å². The summed E-state index contributed by atoms with van der Waals surface area (Å²) in [5, 5.41) is 11.2. The van der Waals surface area contributed by atoms with Crippen LogP contribution >= 0.6 is 0 Å². The SMILES string of the molecule is CC(C)(CN)Nc1ccc(-c2ccccc2F)nn1. The van der Waals surface area contributed by atoms with Gasteiger partial charge in [0.05, 0.1) is 5.69 Å². The van der Waals surface area contributed by atoms with Gasteiger partial charge in [-0.1, -0.05) is 12.1 Å². The maximum atomic E-state index is 13.6. The van der Waals surface area contributed by atoms with Crippen LogP contribution in [-0.2, 0) is 0 Å². The number of benzene rings is 1. The van der Waals surface area contributed by atoms with Crippen LogP contribution in [0.4, 0.5) is 10.2 Å². The lowest BCUT2D eigenvalue weighted by molar-refractivity contribution is 0.576. The second-order valence-corrected chi connectivity index (χ2v) is 5.00. The predicted octanol–water partition coefficient (Wildman–Crippen LogP) is 2.43. The Kier molecular flexibility index (Phi) is 3.76. The van der Waals surface area contributed by atoms with Crippen LogP contribution in [0.1, 0.15) is 13.8 Å². The third-order valence-corrected chi connectivity index (χ3v) is 2.79. The van der Waals surface area contributed by atoms with E-state index in [0.29, 0.717) is 23.6 Å². The molecule has 0 unspecified atom stereocenters. The van der Waals surface area contributed by atoms with E-state index in [1.54, 1.807) is 30.3 Å². The van der Waals surface area contributed by atoms with Crippen molar-refractivity contribution >= 4 is 5.82 Å². The molecular weight excluding hydrogens is 243 g/mol. The van der Waals surface area contributed by atoms with Crippen LogP contribution in [0.3, 0.4) is 0 Å². The molecule has 3 N–H and O–H groups in total. The van der Waals surface area contributed by atoms with Gasteiger partial charge in [-0.25, -0.2) is 4.39 Å². The number of anilines is 1. The lowest BCUT2D eigenvalue weighted by Crippen LogP contribution is -2.39. The van der Waals surface area contributed by atoms with Gasteiger partial charge in [0.25, 0.3) is 0 Å². The topological polar surface area (TPSA) is 63.8 Å². The van der Waals surface area contributed by atoms with Gasteiger partial charge in [0.1, 0.15) is 11.6 Å². The molecule has 0 aliphatic rings. The molecule has 0 radical (unpaired) electrons. The van der Waals surface area contributed by atoms with Crippen molar-refractivity contribution in [2.75, 3.05) is 11.9 Å². The van der Waals surface area contributed by atoms with E-state index in [-0.39, 0.29) is 11.4 Å². The first-order chi connectivity index (χ1) is 9.02. The van der Waals surface area contributed by atoms with Crippen LogP contribution in [0.25, 0.3) is 11.3 Å². The number of aromatic nitrogens is 2. The lowest BCUT2D eigenvalue weighted by atomic mass is 10.1. The van der Waals surface area contributed by atoms with Crippen molar-refractivity contribution in [3.05, 3.63) is 42.2 Å². The molecule has 0 amide bonds. The smallest absolute Gasteiger partial charge is 0.149 e. The minimum Gasteiger partial charge on any atom is -0.362 e. The Morgan fingerprint density at radius 1 is 1.16 bits per heavy atom. The molecule has 0 saturated carbocycles. The summed E-state index contributed by atoms with van der Waals surface area (Å²) in [4.78, 5) is 0. The summed E-state index contributed by atoms with van der Waals surface area (Å²) in [6.07, 6.45) is 0. The van der Waals surface area contributed by atoms with E-state index in [2.05, 4.69) is 15.5 Å². The number of nitrogens with zero attached hydrogens (tertiary/aromatic N) is 2. The Morgan fingerprint density at radius 2 is 1.89 bits per heavy atom. The van der Waals surface area contributed by atoms with Crippen molar-refractivity contribution in [3.63, 3.8) is 0 Å². The van der Waals surface area contributed by atoms with Gasteiger partial charge in [0.2, 0.25) is 0 Å². The largest absolute Gasteiger partial charge is 0.362 e. The van der Waals surface area contributed by atoms with Gasteiger partial charge < -0.3 is 11.1 Å². The second-order valence-electron chi connectivity index (χ2n) is 5.00. The van der Waals surface area contributed by atoms with Gasteiger partial charge in [0.15, 0.2) is 0 Å². The van der Waals surface area contributed by atoms with Crippen LogP contribution in [0.15, 0.2) is 36.4 Å². The molecular formula is C14H17FN4. The van der Waals surface area contributed by atoms with Crippen molar-refractivity contribution < 1.29 is 4.39 Å². The molecule has 19 heavy (non-hydrogen) atoms. The minimum atomic E-state index is -0.306. The highest BCUT2D eigenvalue weighted by Crippen LogP contribution is 2.21. The summed E-state index contributed by atoms with van der Waals surface area (Å²) in [7, 11) is 0. The number of hydrogen-bond acceptors (Lipinski definition) is 4. The Balaban J connectivity index is 2.22. The molecule has 0 atom stereocenters. The highest BCUT2D eigenvalue weighted by molar-refractivity contribution is 5.60. The maximum absolute atomic E-state index is 13.6.